The van der Waals surface area contributed by atoms with Crippen LogP contribution < -0.4 is 10.2 Å². The molecule has 0 amide bonds. The van der Waals surface area contributed by atoms with Crippen LogP contribution in [0.3, 0.4) is 0 Å². The molecule has 2 heterocycles. The van der Waals surface area contributed by atoms with Crippen LogP contribution in [-0.4, -0.2) is 35.1 Å². The number of aromatic nitrogens is 1. The second kappa shape index (κ2) is 6.49. The van der Waals surface area contributed by atoms with Crippen molar-refractivity contribution in [2.75, 3.05) is 18.0 Å². The van der Waals surface area contributed by atoms with Gasteiger partial charge in [-0.05, 0) is 49.2 Å². The monoisotopic (exact) mass is 342 g/mol. The normalized spacial score (nSPS) is 18.5. The lowest BCUT2D eigenvalue weighted by Gasteiger charge is -2.31. The van der Waals surface area contributed by atoms with Crippen molar-refractivity contribution in [2.24, 2.45) is 0 Å². The number of halogens is 1. The van der Waals surface area contributed by atoms with Crippen LogP contribution in [0.15, 0.2) is 16.7 Å². The van der Waals surface area contributed by atoms with Crippen LogP contribution in [0.1, 0.15) is 26.7 Å². The molecule has 0 radical (unpaired) electrons. The summed E-state index contributed by atoms with van der Waals surface area (Å²) in [6, 6.07) is 2.25. The Bertz CT molecular complexity index is 489. The van der Waals surface area contributed by atoms with Gasteiger partial charge in [-0.3, -0.25) is 10.1 Å². The Labute approximate surface area is 126 Å². The molecule has 1 aliphatic rings. The number of nitro groups is 1. The molecule has 0 aliphatic carbocycles. The van der Waals surface area contributed by atoms with E-state index in [1.807, 2.05) is 0 Å². The van der Waals surface area contributed by atoms with Crippen LogP contribution in [0.2, 0.25) is 0 Å². The van der Waals surface area contributed by atoms with E-state index in [2.05, 4.69) is 45.0 Å². The fraction of sp³-hybridized carbons (Fsp3) is 0.615. The van der Waals surface area contributed by atoms with Crippen molar-refractivity contribution < 1.29 is 4.92 Å². The van der Waals surface area contributed by atoms with Crippen LogP contribution in [0.5, 0.6) is 0 Å². The van der Waals surface area contributed by atoms with Gasteiger partial charge in [0.05, 0.1) is 9.40 Å². The topological polar surface area (TPSA) is 71.3 Å². The molecule has 1 atom stereocenters. The standard InChI is InChI=1S/C13H19BrN4O2/c1-9(2)17(8-10-4-3-5-15-10)13-12(14)6-11(7-16-13)18(19)20/h6-7,9-10,15H,3-5,8H2,1-2H3. The molecule has 1 aromatic rings. The SMILES string of the molecule is CC(C)N(CC1CCCN1)c1ncc([N+](=O)[O-])cc1Br. The largest absolute Gasteiger partial charge is 0.352 e. The molecule has 20 heavy (non-hydrogen) atoms. The summed E-state index contributed by atoms with van der Waals surface area (Å²) in [5.74, 6) is 0.763. The molecular weight excluding hydrogens is 324 g/mol. The molecule has 1 saturated heterocycles. The van der Waals surface area contributed by atoms with E-state index in [0.717, 1.165) is 25.3 Å². The van der Waals surface area contributed by atoms with Gasteiger partial charge >= 0.3 is 0 Å². The number of nitrogens with zero attached hydrogens (tertiary/aromatic N) is 3. The minimum absolute atomic E-state index is 0.00308. The van der Waals surface area contributed by atoms with Gasteiger partial charge in [0.2, 0.25) is 0 Å². The fourth-order valence-electron chi connectivity index (χ4n) is 2.42. The van der Waals surface area contributed by atoms with Crippen molar-refractivity contribution in [3.8, 4) is 0 Å². The Morgan fingerprint density at radius 1 is 1.65 bits per heavy atom. The van der Waals surface area contributed by atoms with Crippen molar-refractivity contribution in [1.82, 2.24) is 10.3 Å². The molecule has 1 unspecified atom stereocenters. The van der Waals surface area contributed by atoms with E-state index < -0.39 is 4.92 Å². The van der Waals surface area contributed by atoms with Crippen LogP contribution in [-0.2, 0) is 0 Å². The van der Waals surface area contributed by atoms with E-state index in [1.54, 1.807) is 0 Å². The molecule has 7 heteroatoms. The highest BCUT2D eigenvalue weighted by molar-refractivity contribution is 9.10. The van der Waals surface area contributed by atoms with Crippen LogP contribution in [0, 0.1) is 10.1 Å². The van der Waals surface area contributed by atoms with Crippen LogP contribution >= 0.6 is 15.9 Å². The maximum atomic E-state index is 10.8. The highest BCUT2D eigenvalue weighted by Crippen LogP contribution is 2.29. The summed E-state index contributed by atoms with van der Waals surface area (Å²) >= 11 is 3.40. The molecule has 6 nitrogen and oxygen atoms in total. The first-order chi connectivity index (χ1) is 9.49. The second-order valence-corrected chi connectivity index (χ2v) is 6.15. The first kappa shape index (κ1) is 15.2. The zero-order valence-corrected chi connectivity index (χ0v) is 13.3. The number of anilines is 1. The van der Waals surface area contributed by atoms with Crippen LogP contribution in [0.4, 0.5) is 11.5 Å². The Kier molecular flexibility index (Phi) is 4.93. The van der Waals surface area contributed by atoms with E-state index in [0.29, 0.717) is 10.5 Å². The molecule has 0 bridgehead atoms. The summed E-state index contributed by atoms with van der Waals surface area (Å²) in [5.41, 5.74) is 0.00308. The van der Waals surface area contributed by atoms with Gasteiger partial charge in [-0.1, -0.05) is 0 Å². The van der Waals surface area contributed by atoms with Gasteiger partial charge in [0.1, 0.15) is 12.0 Å². The summed E-state index contributed by atoms with van der Waals surface area (Å²) in [7, 11) is 0. The smallest absolute Gasteiger partial charge is 0.288 e. The molecule has 1 aliphatic heterocycles. The minimum atomic E-state index is -0.431. The quantitative estimate of drug-likeness (QED) is 0.657. The van der Waals surface area contributed by atoms with E-state index in [9.17, 15) is 10.1 Å². The number of rotatable bonds is 5. The average Bonchev–Trinajstić information content (AvgIpc) is 2.89. The maximum Gasteiger partial charge on any atom is 0.288 e. The first-order valence-corrected chi connectivity index (χ1v) is 7.58. The Hall–Kier alpha value is -1.21. The van der Waals surface area contributed by atoms with Gasteiger partial charge < -0.3 is 10.2 Å². The molecule has 1 N–H and O–H groups in total. The van der Waals surface area contributed by atoms with Gasteiger partial charge in [-0.15, -0.1) is 0 Å². The molecule has 1 aromatic heterocycles. The lowest BCUT2D eigenvalue weighted by Crippen LogP contribution is -2.42. The maximum absolute atomic E-state index is 10.8. The highest BCUT2D eigenvalue weighted by Gasteiger charge is 2.23. The summed E-state index contributed by atoms with van der Waals surface area (Å²) < 4.78 is 0.665. The number of hydrogen-bond acceptors (Lipinski definition) is 5. The van der Waals surface area contributed by atoms with Gasteiger partial charge in [-0.25, -0.2) is 4.98 Å². The minimum Gasteiger partial charge on any atom is -0.352 e. The third kappa shape index (κ3) is 3.46. The predicted molar refractivity (Wildman–Crippen MR) is 82.1 cm³/mol. The van der Waals surface area contributed by atoms with Crippen LogP contribution in [0.25, 0.3) is 0 Å². The van der Waals surface area contributed by atoms with E-state index in [4.69, 9.17) is 0 Å². The number of nitrogens with one attached hydrogen (secondary N) is 1. The average molecular weight is 343 g/mol. The van der Waals surface area contributed by atoms with Crippen molar-refractivity contribution in [3.63, 3.8) is 0 Å². The lowest BCUT2D eigenvalue weighted by molar-refractivity contribution is -0.385. The number of pyridine rings is 1. The van der Waals surface area contributed by atoms with E-state index >= 15 is 0 Å². The Morgan fingerprint density at radius 3 is 2.90 bits per heavy atom. The zero-order valence-electron chi connectivity index (χ0n) is 11.7. The first-order valence-electron chi connectivity index (χ1n) is 6.79. The summed E-state index contributed by atoms with van der Waals surface area (Å²) in [6.07, 6.45) is 3.68. The third-order valence-corrected chi connectivity index (χ3v) is 4.08. The molecule has 110 valence electrons. The fourth-order valence-corrected chi connectivity index (χ4v) is 2.99. The van der Waals surface area contributed by atoms with Gasteiger partial charge in [-0.2, -0.15) is 0 Å². The second-order valence-electron chi connectivity index (χ2n) is 5.30. The van der Waals surface area contributed by atoms with Crippen molar-refractivity contribution in [2.45, 2.75) is 38.8 Å². The molecule has 0 saturated carbocycles. The molecule has 0 aromatic carbocycles. The Morgan fingerprint density at radius 2 is 2.40 bits per heavy atom. The van der Waals surface area contributed by atoms with E-state index in [-0.39, 0.29) is 11.7 Å². The van der Waals surface area contributed by atoms with Crippen molar-refractivity contribution >= 4 is 27.4 Å². The van der Waals surface area contributed by atoms with Crippen molar-refractivity contribution in [1.29, 1.82) is 0 Å². The van der Waals surface area contributed by atoms with E-state index in [1.165, 1.54) is 18.7 Å². The predicted octanol–water partition coefficient (Wildman–Crippen LogP) is 2.72. The molecule has 2 rings (SSSR count). The number of hydrogen-bond donors (Lipinski definition) is 1. The summed E-state index contributed by atoms with van der Waals surface area (Å²) in [6.45, 7) is 6.13. The summed E-state index contributed by atoms with van der Waals surface area (Å²) in [4.78, 5) is 16.8. The lowest BCUT2D eigenvalue weighted by atomic mass is 10.2. The van der Waals surface area contributed by atoms with Crippen molar-refractivity contribution in [3.05, 3.63) is 26.9 Å². The summed E-state index contributed by atoms with van der Waals surface area (Å²) in [5, 5.41) is 14.2. The van der Waals surface area contributed by atoms with Gasteiger partial charge in [0.25, 0.3) is 5.69 Å². The molecule has 1 fully saturated rings. The van der Waals surface area contributed by atoms with Gasteiger partial charge in [0, 0.05) is 24.7 Å². The zero-order chi connectivity index (χ0) is 14.7. The van der Waals surface area contributed by atoms with Gasteiger partial charge in [0.15, 0.2) is 0 Å². The Balaban J connectivity index is 2.22. The molecule has 0 spiro atoms. The highest BCUT2D eigenvalue weighted by atomic mass is 79.9. The molecular formula is C13H19BrN4O2. The third-order valence-electron chi connectivity index (χ3n) is 3.49.